The first-order valence-electron chi connectivity index (χ1n) is 9.10. The number of rotatable bonds is 4. The zero-order valence-electron chi connectivity index (χ0n) is 15.1. The number of carbonyl (C=O) groups excluding carboxylic acids is 2. The van der Waals surface area contributed by atoms with Gasteiger partial charge in [-0.3, -0.25) is 14.4 Å². The molecule has 0 unspecified atom stereocenters. The molecule has 1 aliphatic heterocycles. The van der Waals surface area contributed by atoms with Gasteiger partial charge in [-0.1, -0.05) is 6.07 Å². The highest BCUT2D eigenvalue weighted by Gasteiger charge is 2.20. The quantitative estimate of drug-likeness (QED) is 0.730. The number of pyridine rings is 1. The summed E-state index contributed by atoms with van der Waals surface area (Å²) in [5.74, 6) is -0.0792. The van der Waals surface area contributed by atoms with E-state index >= 15 is 0 Å². The van der Waals surface area contributed by atoms with Crippen molar-refractivity contribution in [2.24, 2.45) is 0 Å². The highest BCUT2D eigenvalue weighted by Crippen LogP contribution is 2.18. The average Bonchev–Trinajstić information content (AvgIpc) is 3.41. The van der Waals surface area contributed by atoms with Crippen molar-refractivity contribution in [1.82, 2.24) is 9.88 Å². The van der Waals surface area contributed by atoms with Crippen LogP contribution in [0.15, 0.2) is 64.0 Å². The van der Waals surface area contributed by atoms with Crippen LogP contribution in [0.5, 0.6) is 0 Å². The standard InChI is InChI=1S/C21H19N3O4/c25-19(16-8-9-17(23-20(16)26)18-7-4-12-28-18)22-15-6-3-5-14(13-15)21(27)24-10-1-2-11-24/h3-9,12-13H,1-2,10-11H2,(H,22,25)(H,23,26). The number of nitrogens with zero attached hydrogens (tertiary/aromatic N) is 1. The maximum Gasteiger partial charge on any atom is 0.261 e. The molecular weight excluding hydrogens is 358 g/mol. The van der Waals surface area contributed by atoms with Crippen LogP contribution in [-0.4, -0.2) is 34.8 Å². The Morgan fingerprint density at radius 2 is 1.86 bits per heavy atom. The van der Waals surface area contributed by atoms with Crippen molar-refractivity contribution >= 4 is 17.5 Å². The van der Waals surface area contributed by atoms with E-state index in [0.717, 1.165) is 25.9 Å². The molecule has 2 aromatic heterocycles. The summed E-state index contributed by atoms with van der Waals surface area (Å²) in [5.41, 5.74) is 0.929. The predicted molar refractivity (Wildman–Crippen MR) is 104 cm³/mol. The van der Waals surface area contributed by atoms with Crippen molar-refractivity contribution in [3.63, 3.8) is 0 Å². The zero-order chi connectivity index (χ0) is 19.5. The summed E-state index contributed by atoms with van der Waals surface area (Å²) < 4.78 is 5.24. The first-order valence-corrected chi connectivity index (χ1v) is 9.10. The molecule has 28 heavy (non-hydrogen) atoms. The van der Waals surface area contributed by atoms with Crippen LogP contribution < -0.4 is 10.9 Å². The Kier molecular flexibility index (Phi) is 4.80. The Morgan fingerprint density at radius 1 is 1.04 bits per heavy atom. The lowest BCUT2D eigenvalue weighted by atomic mass is 10.1. The summed E-state index contributed by atoms with van der Waals surface area (Å²) in [7, 11) is 0. The third-order valence-corrected chi connectivity index (χ3v) is 4.70. The van der Waals surface area contributed by atoms with Crippen LogP contribution in [0.4, 0.5) is 5.69 Å². The van der Waals surface area contributed by atoms with Gasteiger partial charge in [0, 0.05) is 24.3 Å². The molecule has 1 aliphatic rings. The van der Waals surface area contributed by atoms with Gasteiger partial charge < -0.3 is 19.6 Å². The van der Waals surface area contributed by atoms with E-state index in [-0.39, 0.29) is 11.5 Å². The highest BCUT2D eigenvalue weighted by atomic mass is 16.3. The monoisotopic (exact) mass is 377 g/mol. The molecule has 0 bridgehead atoms. The van der Waals surface area contributed by atoms with E-state index in [1.165, 1.54) is 12.3 Å². The molecule has 3 heterocycles. The smallest absolute Gasteiger partial charge is 0.261 e. The minimum Gasteiger partial charge on any atom is -0.463 e. The highest BCUT2D eigenvalue weighted by molar-refractivity contribution is 6.05. The van der Waals surface area contributed by atoms with Crippen LogP contribution in [0.25, 0.3) is 11.5 Å². The van der Waals surface area contributed by atoms with Crippen LogP contribution in [0.1, 0.15) is 33.6 Å². The van der Waals surface area contributed by atoms with Gasteiger partial charge in [0.05, 0.1) is 12.0 Å². The van der Waals surface area contributed by atoms with Crippen LogP contribution >= 0.6 is 0 Å². The van der Waals surface area contributed by atoms with Gasteiger partial charge in [0.25, 0.3) is 17.4 Å². The Balaban J connectivity index is 1.51. The van der Waals surface area contributed by atoms with Crippen LogP contribution in [-0.2, 0) is 0 Å². The van der Waals surface area contributed by atoms with Crippen molar-refractivity contribution in [1.29, 1.82) is 0 Å². The maximum atomic E-state index is 12.5. The lowest BCUT2D eigenvalue weighted by Crippen LogP contribution is -2.27. The number of carbonyl (C=O) groups is 2. The number of hydrogen-bond donors (Lipinski definition) is 2. The number of likely N-dealkylation sites (tertiary alicyclic amines) is 1. The van der Waals surface area contributed by atoms with E-state index in [9.17, 15) is 14.4 Å². The number of amides is 2. The summed E-state index contributed by atoms with van der Waals surface area (Å²) in [4.78, 5) is 41.8. The molecule has 4 rings (SSSR count). The average molecular weight is 377 g/mol. The molecule has 7 heteroatoms. The molecule has 1 saturated heterocycles. The Morgan fingerprint density at radius 3 is 2.57 bits per heavy atom. The fraction of sp³-hybridized carbons (Fsp3) is 0.190. The van der Waals surface area contributed by atoms with E-state index in [1.807, 2.05) is 0 Å². The van der Waals surface area contributed by atoms with Crippen molar-refractivity contribution in [3.05, 3.63) is 76.3 Å². The number of nitrogens with one attached hydrogen (secondary N) is 2. The topological polar surface area (TPSA) is 95.4 Å². The Bertz CT molecular complexity index is 1060. The lowest BCUT2D eigenvalue weighted by molar-refractivity contribution is 0.0792. The maximum absolute atomic E-state index is 12.5. The molecule has 142 valence electrons. The first-order chi connectivity index (χ1) is 13.6. The van der Waals surface area contributed by atoms with Crippen molar-refractivity contribution < 1.29 is 14.0 Å². The second kappa shape index (κ2) is 7.56. The van der Waals surface area contributed by atoms with E-state index in [0.29, 0.717) is 22.7 Å². The molecule has 0 atom stereocenters. The van der Waals surface area contributed by atoms with E-state index in [4.69, 9.17) is 4.42 Å². The summed E-state index contributed by atoms with van der Waals surface area (Å²) in [6.07, 6.45) is 3.53. The van der Waals surface area contributed by atoms with Gasteiger partial charge in [0.2, 0.25) is 0 Å². The van der Waals surface area contributed by atoms with Gasteiger partial charge >= 0.3 is 0 Å². The fourth-order valence-corrected chi connectivity index (χ4v) is 3.26. The molecule has 0 saturated carbocycles. The van der Waals surface area contributed by atoms with Crippen LogP contribution in [0.2, 0.25) is 0 Å². The van der Waals surface area contributed by atoms with Crippen molar-refractivity contribution in [3.8, 4) is 11.5 Å². The number of aromatic nitrogens is 1. The molecule has 2 amide bonds. The Hall–Kier alpha value is -3.61. The summed E-state index contributed by atoms with van der Waals surface area (Å²) in [6, 6.07) is 13.2. The zero-order valence-corrected chi connectivity index (χ0v) is 15.1. The molecular formula is C21H19N3O4. The SMILES string of the molecule is O=C(Nc1cccc(C(=O)N2CCCC2)c1)c1ccc(-c2ccco2)[nH]c1=O. The second-order valence-corrected chi connectivity index (χ2v) is 6.63. The van der Waals surface area contributed by atoms with Gasteiger partial charge in [0.15, 0.2) is 0 Å². The van der Waals surface area contributed by atoms with Gasteiger partial charge in [-0.25, -0.2) is 0 Å². The molecule has 0 aliphatic carbocycles. The third kappa shape index (κ3) is 3.59. The van der Waals surface area contributed by atoms with Gasteiger partial charge in [-0.15, -0.1) is 0 Å². The summed E-state index contributed by atoms with van der Waals surface area (Å²) >= 11 is 0. The minimum atomic E-state index is -0.544. The second-order valence-electron chi connectivity index (χ2n) is 6.63. The lowest BCUT2D eigenvalue weighted by Gasteiger charge is -2.15. The predicted octanol–water partition coefficient (Wildman–Crippen LogP) is 3.12. The summed E-state index contributed by atoms with van der Waals surface area (Å²) in [6.45, 7) is 1.51. The van der Waals surface area contributed by atoms with E-state index < -0.39 is 11.5 Å². The number of anilines is 1. The molecule has 0 spiro atoms. The van der Waals surface area contributed by atoms with Gasteiger partial charge in [-0.05, 0) is 55.3 Å². The minimum absolute atomic E-state index is 0.0217. The number of benzene rings is 1. The number of H-pyrrole nitrogens is 1. The van der Waals surface area contributed by atoms with Gasteiger partial charge in [-0.2, -0.15) is 0 Å². The number of aromatic amines is 1. The largest absolute Gasteiger partial charge is 0.463 e. The molecule has 3 aromatic rings. The Labute approximate surface area is 161 Å². The van der Waals surface area contributed by atoms with Crippen LogP contribution in [0.3, 0.4) is 0 Å². The number of hydrogen-bond acceptors (Lipinski definition) is 4. The first kappa shape index (κ1) is 17.8. The van der Waals surface area contributed by atoms with Gasteiger partial charge in [0.1, 0.15) is 11.3 Å². The number of furan rings is 1. The van der Waals surface area contributed by atoms with E-state index in [2.05, 4.69) is 10.3 Å². The summed E-state index contributed by atoms with van der Waals surface area (Å²) in [5, 5.41) is 2.69. The molecule has 7 nitrogen and oxygen atoms in total. The third-order valence-electron chi connectivity index (χ3n) is 4.70. The molecule has 2 N–H and O–H groups in total. The van der Waals surface area contributed by atoms with Crippen molar-refractivity contribution in [2.75, 3.05) is 18.4 Å². The molecule has 0 radical (unpaired) electrons. The fourth-order valence-electron chi connectivity index (χ4n) is 3.26. The molecule has 1 aromatic carbocycles. The van der Waals surface area contributed by atoms with E-state index in [1.54, 1.807) is 47.4 Å². The molecule has 1 fully saturated rings. The van der Waals surface area contributed by atoms with Crippen molar-refractivity contribution in [2.45, 2.75) is 12.8 Å². The normalized spacial score (nSPS) is 13.5. The van der Waals surface area contributed by atoms with Crippen LogP contribution in [0, 0.1) is 0 Å².